The minimum Gasteiger partial charge on any atom is -0.326 e. The molecule has 0 fully saturated rings. The fourth-order valence-electron chi connectivity index (χ4n) is 1.05. The fraction of sp³-hybridized carbons (Fsp3) is 0. The van der Waals surface area contributed by atoms with Crippen LogP contribution in [0.4, 0.5) is 11.6 Å². The molecule has 0 saturated carbocycles. The van der Waals surface area contributed by atoms with Gasteiger partial charge in [0.05, 0.1) is 0 Å². The van der Waals surface area contributed by atoms with Crippen molar-refractivity contribution in [2.45, 2.75) is 0 Å². The van der Waals surface area contributed by atoms with Gasteiger partial charge >= 0.3 is 0 Å². The molecule has 1 aromatic carbocycles. The van der Waals surface area contributed by atoms with E-state index in [1.165, 1.54) is 0 Å². The number of rotatable bonds is 2. The predicted molar refractivity (Wildman–Crippen MR) is 58.3 cm³/mol. The molecule has 1 heterocycles. The molecule has 5 heteroatoms. The van der Waals surface area contributed by atoms with Crippen molar-refractivity contribution in [3.63, 3.8) is 0 Å². The summed E-state index contributed by atoms with van der Waals surface area (Å²) >= 11 is 11.4. The van der Waals surface area contributed by atoms with Crippen molar-refractivity contribution < 1.29 is 0 Å². The highest BCUT2D eigenvalue weighted by molar-refractivity contribution is 6.40. The number of hydrogen-bond acceptors (Lipinski definition) is 2. The molecule has 3 nitrogen and oxygen atoms in total. The standard InChI is InChI=1S/C9H7Cl2N3/c10-7-8(11)14-9(13-7)12-6-4-2-1-3-5-6/h1-5H,(H2,12,13,14). The summed E-state index contributed by atoms with van der Waals surface area (Å²) in [5.41, 5.74) is 0.926. The average Bonchev–Trinajstić information content (AvgIpc) is 2.47. The number of nitrogens with zero attached hydrogens (tertiary/aromatic N) is 1. The van der Waals surface area contributed by atoms with E-state index in [-0.39, 0.29) is 5.15 Å². The van der Waals surface area contributed by atoms with Gasteiger partial charge in [-0.1, -0.05) is 41.4 Å². The Balaban J connectivity index is 2.19. The molecule has 0 spiro atoms. The Morgan fingerprint density at radius 3 is 2.43 bits per heavy atom. The molecule has 14 heavy (non-hydrogen) atoms. The molecule has 0 radical (unpaired) electrons. The van der Waals surface area contributed by atoms with E-state index in [9.17, 15) is 0 Å². The highest BCUT2D eigenvalue weighted by atomic mass is 35.5. The summed E-state index contributed by atoms with van der Waals surface area (Å²) in [6.45, 7) is 0. The topological polar surface area (TPSA) is 40.7 Å². The number of halogens is 2. The molecule has 0 aliphatic rings. The molecule has 1 aromatic heterocycles. The highest BCUT2D eigenvalue weighted by Gasteiger charge is 2.04. The molecule has 2 N–H and O–H groups in total. The summed E-state index contributed by atoms with van der Waals surface area (Å²) in [7, 11) is 0. The van der Waals surface area contributed by atoms with Crippen LogP contribution in [0, 0.1) is 0 Å². The van der Waals surface area contributed by atoms with Gasteiger partial charge in [0.15, 0.2) is 5.15 Å². The molecule has 2 aromatic rings. The quantitative estimate of drug-likeness (QED) is 0.826. The van der Waals surface area contributed by atoms with Gasteiger partial charge in [-0.3, -0.25) is 0 Å². The van der Waals surface area contributed by atoms with Gasteiger partial charge < -0.3 is 10.3 Å². The molecule has 0 unspecified atom stereocenters. The molecule has 0 bridgehead atoms. The number of anilines is 2. The Bertz CT molecular complexity index is 405. The van der Waals surface area contributed by atoms with Crippen molar-refractivity contribution >= 4 is 34.8 Å². The van der Waals surface area contributed by atoms with Crippen LogP contribution in [0.3, 0.4) is 0 Å². The molecule has 0 atom stereocenters. The SMILES string of the molecule is Clc1nc(Nc2ccccc2)[nH]c1Cl. The fourth-order valence-corrected chi connectivity index (χ4v) is 1.31. The van der Waals surface area contributed by atoms with Crippen molar-refractivity contribution in [2.24, 2.45) is 0 Å². The molecule has 0 saturated heterocycles. The smallest absolute Gasteiger partial charge is 0.207 e. The van der Waals surface area contributed by atoms with Crippen LogP contribution in [0.2, 0.25) is 10.3 Å². The summed E-state index contributed by atoms with van der Waals surface area (Å²) in [5, 5.41) is 3.64. The van der Waals surface area contributed by atoms with Gasteiger partial charge in [-0.25, -0.2) is 0 Å². The number of aromatic amines is 1. The van der Waals surface area contributed by atoms with Gasteiger partial charge in [0.1, 0.15) is 5.15 Å². The zero-order valence-corrected chi connectivity index (χ0v) is 8.60. The zero-order valence-electron chi connectivity index (χ0n) is 7.09. The van der Waals surface area contributed by atoms with Crippen molar-refractivity contribution in [1.29, 1.82) is 0 Å². The summed E-state index contributed by atoms with van der Waals surface area (Å²) in [4.78, 5) is 6.78. The second-order valence-electron chi connectivity index (χ2n) is 2.68. The van der Waals surface area contributed by atoms with Crippen LogP contribution >= 0.6 is 23.2 Å². The Morgan fingerprint density at radius 1 is 1.14 bits per heavy atom. The first-order chi connectivity index (χ1) is 6.75. The van der Waals surface area contributed by atoms with Crippen LogP contribution in [0.25, 0.3) is 0 Å². The van der Waals surface area contributed by atoms with Crippen LogP contribution in [-0.2, 0) is 0 Å². The van der Waals surface area contributed by atoms with Gasteiger partial charge in [0.25, 0.3) is 0 Å². The predicted octanol–water partition coefficient (Wildman–Crippen LogP) is 3.46. The number of nitrogens with one attached hydrogen (secondary N) is 2. The van der Waals surface area contributed by atoms with Crippen LogP contribution in [0.1, 0.15) is 0 Å². The number of H-pyrrole nitrogens is 1. The lowest BCUT2D eigenvalue weighted by Crippen LogP contribution is -1.90. The van der Waals surface area contributed by atoms with Gasteiger partial charge in [0, 0.05) is 5.69 Å². The highest BCUT2D eigenvalue weighted by Crippen LogP contribution is 2.22. The number of hydrogen-bond donors (Lipinski definition) is 2. The molecular weight excluding hydrogens is 221 g/mol. The maximum absolute atomic E-state index is 5.71. The third kappa shape index (κ3) is 2.00. The van der Waals surface area contributed by atoms with E-state index in [1.807, 2.05) is 30.3 Å². The van der Waals surface area contributed by atoms with Crippen molar-refractivity contribution in [3.05, 3.63) is 40.6 Å². The molecule has 0 aliphatic heterocycles. The third-order valence-electron chi connectivity index (χ3n) is 1.66. The van der Waals surface area contributed by atoms with E-state index >= 15 is 0 Å². The lowest BCUT2D eigenvalue weighted by molar-refractivity contribution is 1.29. The van der Waals surface area contributed by atoms with Gasteiger partial charge in [-0.15, -0.1) is 0 Å². The Hall–Kier alpha value is -1.19. The average molecular weight is 228 g/mol. The van der Waals surface area contributed by atoms with Crippen LogP contribution < -0.4 is 5.32 Å². The molecule has 72 valence electrons. The zero-order chi connectivity index (χ0) is 9.97. The maximum atomic E-state index is 5.71. The maximum Gasteiger partial charge on any atom is 0.207 e. The van der Waals surface area contributed by atoms with E-state index in [4.69, 9.17) is 23.2 Å². The van der Waals surface area contributed by atoms with E-state index in [1.54, 1.807) is 0 Å². The summed E-state index contributed by atoms with van der Waals surface area (Å²) in [5.74, 6) is 0.534. The van der Waals surface area contributed by atoms with Crippen molar-refractivity contribution in [1.82, 2.24) is 9.97 Å². The summed E-state index contributed by atoms with van der Waals surface area (Å²) in [6.07, 6.45) is 0. The Labute approximate surface area is 91.1 Å². The normalized spacial score (nSPS) is 10.1. The lowest BCUT2D eigenvalue weighted by Gasteiger charge is -2.00. The largest absolute Gasteiger partial charge is 0.326 e. The molecular formula is C9H7Cl2N3. The van der Waals surface area contributed by atoms with E-state index in [0.29, 0.717) is 11.1 Å². The Morgan fingerprint density at radius 2 is 1.86 bits per heavy atom. The van der Waals surface area contributed by atoms with Gasteiger partial charge in [-0.05, 0) is 12.1 Å². The number of imidazole rings is 1. The van der Waals surface area contributed by atoms with Crippen LogP contribution in [0.15, 0.2) is 30.3 Å². The number of aromatic nitrogens is 2. The van der Waals surface area contributed by atoms with Gasteiger partial charge in [-0.2, -0.15) is 4.98 Å². The van der Waals surface area contributed by atoms with Crippen LogP contribution in [-0.4, -0.2) is 9.97 Å². The van der Waals surface area contributed by atoms with Crippen molar-refractivity contribution in [3.8, 4) is 0 Å². The second kappa shape index (κ2) is 3.90. The van der Waals surface area contributed by atoms with Crippen molar-refractivity contribution in [2.75, 3.05) is 5.32 Å². The monoisotopic (exact) mass is 227 g/mol. The van der Waals surface area contributed by atoms with Gasteiger partial charge in [0.2, 0.25) is 5.95 Å². The lowest BCUT2D eigenvalue weighted by atomic mass is 10.3. The molecule has 2 rings (SSSR count). The number of benzene rings is 1. The molecule has 0 aliphatic carbocycles. The minimum atomic E-state index is 0.269. The first-order valence-corrected chi connectivity index (χ1v) is 4.74. The van der Waals surface area contributed by atoms with Crippen LogP contribution in [0.5, 0.6) is 0 Å². The summed E-state index contributed by atoms with van der Waals surface area (Å²) < 4.78 is 0. The summed E-state index contributed by atoms with van der Waals surface area (Å²) in [6, 6.07) is 9.63. The van der Waals surface area contributed by atoms with E-state index in [2.05, 4.69) is 15.3 Å². The number of para-hydroxylation sites is 1. The first-order valence-electron chi connectivity index (χ1n) is 3.99. The minimum absolute atomic E-state index is 0.269. The van der Waals surface area contributed by atoms with E-state index in [0.717, 1.165) is 5.69 Å². The Kier molecular flexibility index (Phi) is 2.61. The third-order valence-corrected chi connectivity index (χ3v) is 2.30. The van der Waals surface area contributed by atoms with E-state index < -0.39 is 0 Å². The molecule has 0 amide bonds. The second-order valence-corrected chi connectivity index (χ2v) is 3.42. The first kappa shape index (κ1) is 9.37.